The Morgan fingerprint density at radius 3 is 2.53 bits per heavy atom. The summed E-state index contributed by atoms with van der Waals surface area (Å²) in [4.78, 5) is 12.0. The summed E-state index contributed by atoms with van der Waals surface area (Å²) in [6.45, 7) is 6.23. The van der Waals surface area contributed by atoms with Crippen molar-refractivity contribution in [3.63, 3.8) is 0 Å². The Kier molecular flexibility index (Phi) is 4.00. The summed E-state index contributed by atoms with van der Waals surface area (Å²) in [6, 6.07) is 9.48. The van der Waals surface area contributed by atoms with Crippen LogP contribution < -0.4 is 5.32 Å². The molecule has 100 valence electrons. The van der Waals surface area contributed by atoms with Crippen LogP contribution in [0.25, 0.3) is 0 Å². The number of rotatable bonds is 4. The predicted molar refractivity (Wildman–Crippen MR) is 76.4 cm³/mol. The van der Waals surface area contributed by atoms with Crippen LogP contribution in [-0.2, 0) is 6.42 Å². The first-order valence-electron chi connectivity index (χ1n) is 6.55. The minimum Gasteiger partial charge on any atom is -0.305 e. The van der Waals surface area contributed by atoms with Crippen LogP contribution in [0.4, 0.5) is 5.82 Å². The van der Waals surface area contributed by atoms with E-state index in [1.165, 1.54) is 5.56 Å². The maximum absolute atomic E-state index is 12.0. The van der Waals surface area contributed by atoms with Crippen LogP contribution in [0.15, 0.2) is 30.3 Å². The molecular weight excluding hydrogens is 238 g/mol. The molecule has 0 radical (unpaired) electrons. The minimum absolute atomic E-state index is 0.135. The molecule has 0 saturated heterocycles. The second-order valence-electron chi connectivity index (χ2n) is 4.87. The van der Waals surface area contributed by atoms with Crippen molar-refractivity contribution in [2.24, 2.45) is 0 Å². The minimum atomic E-state index is -0.135. The van der Waals surface area contributed by atoms with E-state index < -0.39 is 0 Å². The number of aromatic nitrogens is 2. The van der Waals surface area contributed by atoms with Gasteiger partial charge in [-0.1, -0.05) is 32.9 Å². The zero-order valence-corrected chi connectivity index (χ0v) is 11.5. The Morgan fingerprint density at radius 1 is 1.32 bits per heavy atom. The molecule has 0 aliphatic carbocycles. The number of H-pyrrole nitrogens is 1. The Bertz CT molecular complexity index is 555. The summed E-state index contributed by atoms with van der Waals surface area (Å²) in [6.07, 6.45) is 0.971. The van der Waals surface area contributed by atoms with Gasteiger partial charge < -0.3 is 5.32 Å². The van der Waals surface area contributed by atoms with E-state index in [0.29, 0.717) is 17.3 Å². The van der Waals surface area contributed by atoms with Gasteiger partial charge in [-0.2, -0.15) is 5.10 Å². The Morgan fingerprint density at radius 2 is 2.00 bits per heavy atom. The van der Waals surface area contributed by atoms with Crippen molar-refractivity contribution < 1.29 is 4.79 Å². The SMILES string of the molecule is CCc1ccc(C(=O)Nc2cc(C(C)C)[nH]n2)cc1. The molecule has 4 nitrogen and oxygen atoms in total. The number of aryl methyl sites for hydroxylation is 1. The normalized spacial score (nSPS) is 10.7. The molecule has 0 spiro atoms. The zero-order valence-electron chi connectivity index (χ0n) is 11.5. The Balaban J connectivity index is 2.06. The highest BCUT2D eigenvalue weighted by molar-refractivity contribution is 6.03. The van der Waals surface area contributed by atoms with Gasteiger partial charge >= 0.3 is 0 Å². The summed E-state index contributed by atoms with van der Waals surface area (Å²) in [5.74, 6) is 0.791. The average Bonchev–Trinajstić information content (AvgIpc) is 2.87. The molecule has 2 N–H and O–H groups in total. The Hall–Kier alpha value is -2.10. The van der Waals surface area contributed by atoms with Gasteiger partial charge in [-0.05, 0) is 30.0 Å². The molecule has 0 aliphatic rings. The number of benzene rings is 1. The molecular formula is C15H19N3O. The van der Waals surface area contributed by atoms with E-state index in [9.17, 15) is 4.79 Å². The van der Waals surface area contributed by atoms with Crippen molar-refractivity contribution in [1.29, 1.82) is 0 Å². The van der Waals surface area contributed by atoms with Crippen LogP contribution in [-0.4, -0.2) is 16.1 Å². The van der Waals surface area contributed by atoms with Gasteiger partial charge in [0.2, 0.25) is 0 Å². The third-order valence-electron chi connectivity index (χ3n) is 3.09. The second-order valence-corrected chi connectivity index (χ2v) is 4.87. The van der Waals surface area contributed by atoms with Crippen LogP contribution in [0.1, 0.15) is 48.3 Å². The van der Waals surface area contributed by atoms with Crippen molar-refractivity contribution in [2.75, 3.05) is 5.32 Å². The molecule has 1 aromatic carbocycles. The second kappa shape index (κ2) is 5.69. The zero-order chi connectivity index (χ0) is 13.8. The van der Waals surface area contributed by atoms with Gasteiger partial charge in [-0.3, -0.25) is 9.89 Å². The van der Waals surface area contributed by atoms with Gasteiger partial charge in [0.05, 0.1) is 0 Å². The molecule has 1 amide bonds. The number of hydrogen-bond donors (Lipinski definition) is 2. The first-order valence-corrected chi connectivity index (χ1v) is 6.55. The number of nitrogens with zero attached hydrogens (tertiary/aromatic N) is 1. The number of amides is 1. The smallest absolute Gasteiger partial charge is 0.256 e. The van der Waals surface area contributed by atoms with Crippen LogP contribution in [0, 0.1) is 0 Å². The van der Waals surface area contributed by atoms with E-state index in [4.69, 9.17) is 0 Å². The van der Waals surface area contributed by atoms with Crippen LogP contribution >= 0.6 is 0 Å². The molecule has 0 unspecified atom stereocenters. The number of hydrogen-bond acceptors (Lipinski definition) is 2. The molecule has 2 aromatic rings. The van der Waals surface area contributed by atoms with E-state index >= 15 is 0 Å². The number of carbonyl (C=O) groups is 1. The molecule has 0 bridgehead atoms. The topological polar surface area (TPSA) is 57.8 Å². The lowest BCUT2D eigenvalue weighted by Gasteiger charge is -2.03. The molecule has 1 heterocycles. The highest BCUT2D eigenvalue weighted by Crippen LogP contribution is 2.15. The largest absolute Gasteiger partial charge is 0.305 e. The average molecular weight is 257 g/mol. The highest BCUT2D eigenvalue weighted by atomic mass is 16.1. The summed E-state index contributed by atoms with van der Waals surface area (Å²) < 4.78 is 0. The van der Waals surface area contributed by atoms with Gasteiger partial charge in [0.25, 0.3) is 5.91 Å². The van der Waals surface area contributed by atoms with Gasteiger partial charge in [0.15, 0.2) is 5.82 Å². The van der Waals surface area contributed by atoms with E-state index in [2.05, 4.69) is 36.3 Å². The molecule has 1 aromatic heterocycles. The van der Waals surface area contributed by atoms with Gasteiger partial charge in [-0.15, -0.1) is 0 Å². The fraction of sp³-hybridized carbons (Fsp3) is 0.333. The van der Waals surface area contributed by atoms with Crippen LogP contribution in [0.2, 0.25) is 0 Å². The molecule has 0 aliphatic heterocycles. The van der Waals surface area contributed by atoms with E-state index in [1.807, 2.05) is 30.3 Å². The third-order valence-corrected chi connectivity index (χ3v) is 3.09. The van der Waals surface area contributed by atoms with Crippen molar-refractivity contribution in [3.8, 4) is 0 Å². The maximum atomic E-state index is 12.0. The predicted octanol–water partition coefficient (Wildman–Crippen LogP) is 3.35. The lowest BCUT2D eigenvalue weighted by molar-refractivity contribution is 0.102. The summed E-state index contributed by atoms with van der Waals surface area (Å²) in [5.41, 5.74) is 2.88. The fourth-order valence-electron chi connectivity index (χ4n) is 1.78. The lowest BCUT2D eigenvalue weighted by atomic mass is 10.1. The van der Waals surface area contributed by atoms with Crippen molar-refractivity contribution >= 4 is 11.7 Å². The number of carbonyl (C=O) groups excluding carboxylic acids is 1. The molecule has 0 atom stereocenters. The van der Waals surface area contributed by atoms with Gasteiger partial charge in [-0.25, -0.2) is 0 Å². The van der Waals surface area contributed by atoms with Crippen LogP contribution in [0.3, 0.4) is 0 Å². The lowest BCUT2D eigenvalue weighted by Crippen LogP contribution is -2.12. The van der Waals surface area contributed by atoms with E-state index in [1.54, 1.807) is 0 Å². The van der Waals surface area contributed by atoms with Gasteiger partial charge in [0, 0.05) is 17.3 Å². The van der Waals surface area contributed by atoms with Gasteiger partial charge in [0.1, 0.15) is 0 Å². The highest BCUT2D eigenvalue weighted by Gasteiger charge is 2.09. The van der Waals surface area contributed by atoms with Crippen molar-refractivity contribution in [2.45, 2.75) is 33.1 Å². The Labute approximate surface area is 113 Å². The summed E-state index contributed by atoms with van der Waals surface area (Å²) >= 11 is 0. The molecule has 0 saturated carbocycles. The third kappa shape index (κ3) is 3.22. The first-order chi connectivity index (χ1) is 9.10. The van der Waals surface area contributed by atoms with E-state index in [-0.39, 0.29) is 5.91 Å². The van der Waals surface area contributed by atoms with Crippen molar-refractivity contribution in [3.05, 3.63) is 47.2 Å². The number of anilines is 1. The summed E-state index contributed by atoms with van der Waals surface area (Å²) in [7, 11) is 0. The maximum Gasteiger partial charge on any atom is 0.256 e. The first kappa shape index (κ1) is 13.3. The van der Waals surface area contributed by atoms with E-state index in [0.717, 1.165) is 12.1 Å². The molecule has 0 fully saturated rings. The monoisotopic (exact) mass is 257 g/mol. The quantitative estimate of drug-likeness (QED) is 0.882. The van der Waals surface area contributed by atoms with Crippen molar-refractivity contribution in [1.82, 2.24) is 10.2 Å². The van der Waals surface area contributed by atoms with Crippen LogP contribution in [0.5, 0.6) is 0 Å². The number of aromatic amines is 1. The fourth-order valence-corrected chi connectivity index (χ4v) is 1.78. The molecule has 2 rings (SSSR count). The summed E-state index contributed by atoms with van der Waals surface area (Å²) in [5, 5.41) is 9.78. The standard InChI is InChI=1S/C15H19N3O/c1-4-11-5-7-12(8-6-11)15(19)16-14-9-13(10(2)3)17-18-14/h5-10H,4H2,1-3H3,(H2,16,17,18,19). The molecule has 19 heavy (non-hydrogen) atoms. The molecule has 4 heteroatoms. The number of nitrogens with one attached hydrogen (secondary N) is 2.